The highest BCUT2D eigenvalue weighted by Crippen LogP contribution is 2.23. The van der Waals surface area contributed by atoms with Crippen LogP contribution >= 0.6 is 0 Å². The molecule has 0 bridgehead atoms. The highest BCUT2D eigenvalue weighted by Gasteiger charge is 2.44. The minimum Gasteiger partial charge on any atom is -0.463 e. The Morgan fingerprint density at radius 1 is 1.31 bits per heavy atom. The van der Waals surface area contributed by atoms with Crippen LogP contribution in [0.15, 0.2) is 30.3 Å². The van der Waals surface area contributed by atoms with Crippen molar-refractivity contribution in [2.24, 2.45) is 0 Å². The molecule has 86 valence electrons. The van der Waals surface area contributed by atoms with Gasteiger partial charge in [0, 0.05) is 5.56 Å². The van der Waals surface area contributed by atoms with E-state index in [2.05, 4.69) is 0 Å². The molecular weight excluding hydrogens is 208 g/mol. The molecule has 1 rings (SSSR count). The average molecular weight is 222 g/mol. The summed E-state index contributed by atoms with van der Waals surface area (Å²) in [5.41, 5.74) is -1.97. The Hall–Kier alpha value is -1.68. The monoisotopic (exact) mass is 222 g/mol. The molecule has 0 aliphatic heterocycles. The standard InChI is InChI=1S/C12H14O4/c1-3-16-11(14)12(15,9(2)13)10-7-5-4-6-8-10/h4-8,15H,3H2,1-2H3. The highest BCUT2D eigenvalue weighted by atomic mass is 16.5. The van der Waals surface area contributed by atoms with Crippen LogP contribution in [0.4, 0.5) is 0 Å². The Bertz CT molecular complexity index is 385. The lowest BCUT2D eigenvalue weighted by Gasteiger charge is -2.23. The maximum atomic E-state index is 11.6. The van der Waals surface area contributed by atoms with Gasteiger partial charge in [-0.25, -0.2) is 4.79 Å². The van der Waals surface area contributed by atoms with E-state index in [1.807, 2.05) is 0 Å². The number of carbonyl (C=O) groups excluding carboxylic acids is 2. The van der Waals surface area contributed by atoms with Gasteiger partial charge in [-0.15, -0.1) is 0 Å². The molecule has 16 heavy (non-hydrogen) atoms. The first-order chi connectivity index (χ1) is 7.53. The lowest BCUT2D eigenvalue weighted by molar-refractivity contribution is -0.170. The van der Waals surface area contributed by atoms with Gasteiger partial charge in [-0.05, 0) is 13.8 Å². The van der Waals surface area contributed by atoms with Crippen molar-refractivity contribution in [3.05, 3.63) is 35.9 Å². The van der Waals surface area contributed by atoms with E-state index in [1.54, 1.807) is 25.1 Å². The third kappa shape index (κ3) is 2.12. The first-order valence-electron chi connectivity index (χ1n) is 4.99. The van der Waals surface area contributed by atoms with Crippen LogP contribution in [0.25, 0.3) is 0 Å². The Balaban J connectivity index is 3.17. The SMILES string of the molecule is CCOC(=O)C(O)(C(C)=O)c1ccccc1. The largest absolute Gasteiger partial charge is 0.463 e. The van der Waals surface area contributed by atoms with Crippen molar-refractivity contribution in [3.63, 3.8) is 0 Å². The molecule has 1 N–H and O–H groups in total. The highest BCUT2D eigenvalue weighted by molar-refractivity contribution is 6.06. The number of Topliss-reactive ketones (excluding diaryl/α,β-unsaturated/α-hetero) is 1. The zero-order chi connectivity index (χ0) is 12.2. The molecular formula is C12H14O4. The van der Waals surface area contributed by atoms with Crippen LogP contribution < -0.4 is 0 Å². The zero-order valence-electron chi connectivity index (χ0n) is 9.27. The van der Waals surface area contributed by atoms with E-state index in [9.17, 15) is 14.7 Å². The van der Waals surface area contributed by atoms with Gasteiger partial charge in [0.15, 0.2) is 5.78 Å². The van der Waals surface area contributed by atoms with Crippen LogP contribution in [0.1, 0.15) is 19.4 Å². The van der Waals surface area contributed by atoms with E-state index in [4.69, 9.17) is 4.74 Å². The van der Waals surface area contributed by atoms with Crippen molar-refractivity contribution in [1.82, 2.24) is 0 Å². The third-order valence-corrected chi connectivity index (χ3v) is 2.27. The smallest absolute Gasteiger partial charge is 0.350 e. The van der Waals surface area contributed by atoms with Gasteiger partial charge in [-0.1, -0.05) is 30.3 Å². The summed E-state index contributed by atoms with van der Waals surface area (Å²) in [6, 6.07) is 8.04. The molecule has 1 aromatic carbocycles. The topological polar surface area (TPSA) is 63.6 Å². The molecule has 0 aliphatic carbocycles. The fraction of sp³-hybridized carbons (Fsp3) is 0.333. The van der Waals surface area contributed by atoms with Crippen LogP contribution in [-0.4, -0.2) is 23.5 Å². The molecule has 0 fully saturated rings. The summed E-state index contributed by atoms with van der Waals surface area (Å²) in [7, 11) is 0. The number of aliphatic hydroxyl groups is 1. The van der Waals surface area contributed by atoms with Crippen molar-refractivity contribution >= 4 is 11.8 Å². The molecule has 0 saturated heterocycles. The predicted octanol–water partition coefficient (Wildman–Crippen LogP) is 1.03. The molecule has 1 atom stereocenters. The fourth-order valence-corrected chi connectivity index (χ4v) is 1.38. The van der Waals surface area contributed by atoms with E-state index >= 15 is 0 Å². The van der Waals surface area contributed by atoms with E-state index in [0.717, 1.165) is 6.92 Å². The molecule has 0 amide bonds. The maximum Gasteiger partial charge on any atom is 0.350 e. The first kappa shape index (κ1) is 12.4. The lowest BCUT2D eigenvalue weighted by atomic mass is 9.90. The maximum absolute atomic E-state index is 11.6. The Morgan fingerprint density at radius 3 is 2.31 bits per heavy atom. The Morgan fingerprint density at radius 2 is 1.88 bits per heavy atom. The summed E-state index contributed by atoms with van der Waals surface area (Å²) < 4.78 is 4.71. The molecule has 0 radical (unpaired) electrons. The summed E-state index contributed by atoms with van der Waals surface area (Å²) in [6.07, 6.45) is 0. The third-order valence-electron chi connectivity index (χ3n) is 2.27. The Kier molecular flexibility index (Phi) is 3.79. The van der Waals surface area contributed by atoms with Crippen LogP contribution in [-0.2, 0) is 19.9 Å². The summed E-state index contributed by atoms with van der Waals surface area (Å²) in [5.74, 6) is -1.59. The minimum absolute atomic E-state index is 0.112. The first-order valence-corrected chi connectivity index (χ1v) is 4.99. The second-order valence-corrected chi connectivity index (χ2v) is 3.35. The minimum atomic E-state index is -2.20. The van der Waals surface area contributed by atoms with Crippen LogP contribution in [0.3, 0.4) is 0 Å². The van der Waals surface area contributed by atoms with E-state index in [0.29, 0.717) is 0 Å². The second-order valence-electron chi connectivity index (χ2n) is 3.35. The van der Waals surface area contributed by atoms with E-state index < -0.39 is 17.4 Å². The average Bonchev–Trinajstić information content (AvgIpc) is 2.29. The van der Waals surface area contributed by atoms with Crippen molar-refractivity contribution in [2.45, 2.75) is 19.4 Å². The number of hydrogen-bond acceptors (Lipinski definition) is 4. The number of rotatable bonds is 4. The number of ketones is 1. The molecule has 0 heterocycles. The van der Waals surface area contributed by atoms with Crippen molar-refractivity contribution < 1.29 is 19.4 Å². The van der Waals surface area contributed by atoms with Crippen LogP contribution in [0, 0.1) is 0 Å². The summed E-state index contributed by atoms with van der Waals surface area (Å²) in [4.78, 5) is 23.0. The molecule has 4 nitrogen and oxygen atoms in total. The molecule has 0 spiro atoms. The quantitative estimate of drug-likeness (QED) is 0.610. The van der Waals surface area contributed by atoms with Gasteiger partial charge in [0.05, 0.1) is 6.61 Å². The Labute approximate surface area is 93.9 Å². The number of hydrogen-bond donors (Lipinski definition) is 1. The predicted molar refractivity (Wildman–Crippen MR) is 57.7 cm³/mol. The van der Waals surface area contributed by atoms with Crippen LogP contribution in [0.5, 0.6) is 0 Å². The number of ether oxygens (including phenoxy) is 1. The zero-order valence-corrected chi connectivity index (χ0v) is 9.27. The van der Waals surface area contributed by atoms with Crippen molar-refractivity contribution in [2.75, 3.05) is 6.61 Å². The van der Waals surface area contributed by atoms with Gasteiger partial charge >= 0.3 is 5.97 Å². The van der Waals surface area contributed by atoms with Gasteiger partial charge in [-0.2, -0.15) is 0 Å². The van der Waals surface area contributed by atoms with Gasteiger partial charge in [0.25, 0.3) is 0 Å². The molecule has 0 saturated carbocycles. The van der Waals surface area contributed by atoms with Crippen molar-refractivity contribution in [3.8, 4) is 0 Å². The molecule has 0 aromatic heterocycles. The van der Waals surface area contributed by atoms with Gasteiger partial charge in [0.1, 0.15) is 0 Å². The molecule has 0 aliphatic rings. The second kappa shape index (κ2) is 4.90. The summed E-state index contributed by atoms with van der Waals surface area (Å²) in [6.45, 7) is 2.88. The summed E-state index contributed by atoms with van der Waals surface area (Å²) in [5, 5.41) is 10.1. The normalized spacial score (nSPS) is 13.9. The molecule has 1 aromatic rings. The van der Waals surface area contributed by atoms with Crippen molar-refractivity contribution in [1.29, 1.82) is 0 Å². The number of carbonyl (C=O) groups is 2. The van der Waals surface area contributed by atoms with E-state index in [-0.39, 0.29) is 12.2 Å². The van der Waals surface area contributed by atoms with Crippen LogP contribution in [0.2, 0.25) is 0 Å². The van der Waals surface area contributed by atoms with Gasteiger partial charge in [-0.3, -0.25) is 4.79 Å². The lowest BCUT2D eigenvalue weighted by Crippen LogP contribution is -2.43. The molecule has 1 unspecified atom stereocenters. The van der Waals surface area contributed by atoms with Gasteiger partial charge in [0.2, 0.25) is 5.60 Å². The molecule has 4 heteroatoms. The van der Waals surface area contributed by atoms with Gasteiger partial charge < -0.3 is 9.84 Å². The summed E-state index contributed by atoms with van der Waals surface area (Å²) >= 11 is 0. The number of esters is 1. The van der Waals surface area contributed by atoms with E-state index in [1.165, 1.54) is 12.1 Å². The number of benzene rings is 1. The fourth-order valence-electron chi connectivity index (χ4n) is 1.38.